The third-order valence-corrected chi connectivity index (χ3v) is 4.33. The highest BCUT2D eigenvalue weighted by molar-refractivity contribution is 6.30. The molecule has 1 saturated heterocycles. The van der Waals surface area contributed by atoms with Crippen LogP contribution in [0.5, 0.6) is 0 Å². The first-order valence-corrected chi connectivity index (χ1v) is 8.17. The van der Waals surface area contributed by atoms with Crippen LogP contribution in [0.2, 0.25) is 5.02 Å². The highest BCUT2D eigenvalue weighted by atomic mass is 35.5. The van der Waals surface area contributed by atoms with Gasteiger partial charge in [0.25, 0.3) is 0 Å². The van der Waals surface area contributed by atoms with Gasteiger partial charge in [-0.1, -0.05) is 37.6 Å². The minimum absolute atomic E-state index is 0.415. The molecule has 112 valence electrons. The van der Waals surface area contributed by atoms with E-state index >= 15 is 0 Å². The average molecular weight is 295 g/mol. The third-order valence-electron chi connectivity index (χ3n) is 4.10. The van der Waals surface area contributed by atoms with Crippen molar-refractivity contribution in [1.82, 2.24) is 10.2 Å². The summed E-state index contributed by atoms with van der Waals surface area (Å²) in [6.07, 6.45) is 2.61. The van der Waals surface area contributed by atoms with Gasteiger partial charge < -0.3 is 5.32 Å². The van der Waals surface area contributed by atoms with E-state index in [-0.39, 0.29) is 0 Å². The normalized spacial score (nSPS) is 20.8. The smallest absolute Gasteiger partial charge is 0.0409 e. The second-order valence-electron chi connectivity index (χ2n) is 6.37. The molecule has 2 rings (SSSR count). The van der Waals surface area contributed by atoms with Crippen LogP contribution in [0, 0.1) is 5.92 Å². The van der Waals surface area contributed by atoms with Crippen molar-refractivity contribution in [3.63, 3.8) is 0 Å². The maximum atomic E-state index is 6.14. The SMILES string of the molecule is CC(C)CN(CC1CCCN1)C(C)c1cccc(Cl)c1. The number of benzene rings is 1. The van der Waals surface area contributed by atoms with Crippen LogP contribution in [0.3, 0.4) is 0 Å². The molecule has 20 heavy (non-hydrogen) atoms. The monoisotopic (exact) mass is 294 g/mol. The zero-order valence-corrected chi connectivity index (χ0v) is 13.7. The predicted octanol–water partition coefficient (Wildman–Crippen LogP) is 4.11. The molecule has 0 bridgehead atoms. The van der Waals surface area contributed by atoms with Crippen LogP contribution in [-0.4, -0.2) is 30.6 Å². The van der Waals surface area contributed by atoms with Crippen molar-refractivity contribution in [3.05, 3.63) is 34.9 Å². The molecule has 1 aliphatic rings. The van der Waals surface area contributed by atoms with Crippen LogP contribution < -0.4 is 5.32 Å². The molecule has 0 radical (unpaired) electrons. The van der Waals surface area contributed by atoms with Gasteiger partial charge in [0, 0.05) is 30.2 Å². The van der Waals surface area contributed by atoms with E-state index in [1.807, 2.05) is 6.07 Å². The lowest BCUT2D eigenvalue weighted by Gasteiger charge is -2.33. The minimum Gasteiger partial charge on any atom is -0.313 e. The molecule has 1 fully saturated rings. The van der Waals surface area contributed by atoms with Crippen molar-refractivity contribution in [1.29, 1.82) is 0 Å². The summed E-state index contributed by atoms with van der Waals surface area (Å²) in [5.41, 5.74) is 1.32. The zero-order valence-electron chi connectivity index (χ0n) is 12.9. The van der Waals surface area contributed by atoms with E-state index in [2.05, 4.69) is 49.2 Å². The van der Waals surface area contributed by atoms with Gasteiger partial charge in [-0.05, 0) is 49.9 Å². The Morgan fingerprint density at radius 1 is 1.35 bits per heavy atom. The second-order valence-corrected chi connectivity index (χ2v) is 6.81. The first-order chi connectivity index (χ1) is 9.56. The fourth-order valence-corrected chi connectivity index (χ4v) is 3.23. The van der Waals surface area contributed by atoms with Crippen molar-refractivity contribution in [2.45, 2.75) is 45.7 Å². The Morgan fingerprint density at radius 3 is 2.75 bits per heavy atom. The van der Waals surface area contributed by atoms with Gasteiger partial charge in [0.05, 0.1) is 0 Å². The molecule has 2 atom stereocenters. The van der Waals surface area contributed by atoms with Gasteiger partial charge >= 0.3 is 0 Å². The fraction of sp³-hybridized carbons (Fsp3) is 0.647. The van der Waals surface area contributed by atoms with E-state index in [9.17, 15) is 0 Å². The molecule has 1 aromatic carbocycles. The van der Waals surface area contributed by atoms with Gasteiger partial charge in [-0.25, -0.2) is 0 Å². The Labute approximate surface area is 128 Å². The van der Waals surface area contributed by atoms with Crippen molar-refractivity contribution in [2.75, 3.05) is 19.6 Å². The van der Waals surface area contributed by atoms with Crippen molar-refractivity contribution < 1.29 is 0 Å². The molecule has 1 heterocycles. The number of hydrogen-bond donors (Lipinski definition) is 1. The van der Waals surface area contributed by atoms with Gasteiger partial charge in [-0.15, -0.1) is 0 Å². The molecular weight excluding hydrogens is 268 g/mol. The summed E-state index contributed by atoms with van der Waals surface area (Å²) in [7, 11) is 0. The Morgan fingerprint density at radius 2 is 2.15 bits per heavy atom. The standard InChI is InChI=1S/C17H27ClN2/c1-13(2)11-20(12-17-8-5-9-19-17)14(3)15-6-4-7-16(18)10-15/h4,6-7,10,13-14,17,19H,5,8-9,11-12H2,1-3H3. The van der Waals surface area contributed by atoms with Gasteiger partial charge in [-0.2, -0.15) is 0 Å². The van der Waals surface area contributed by atoms with Crippen molar-refractivity contribution in [2.24, 2.45) is 5.92 Å². The Balaban J connectivity index is 2.07. The number of rotatable bonds is 6. The third kappa shape index (κ3) is 4.47. The maximum absolute atomic E-state index is 6.14. The first kappa shape index (κ1) is 15.8. The lowest BCUT2D eigenvalue weighted by atomic mass is 10.0. The summed E-state index contributed by atoms with van der Waals surface area (Å²) in [6.45, 7) is 10.3. The quantitative estimate of drug-likeness (QED) is 0.849. The largest absolute Gasteiger partial charge is 0.313 e. The van der Waals surface area contributed by atoms with Crippen LogP contribution in [0.1, 0.15) is 45.2 Å². The lowest BCUT2D eigenvalue weighted by molar-refractivity contribution is 0.171. The topological polar surface area (TPSA) is 15.3 Å². The molecule has 1 N–H and O–H groups in total. The molecule has 0 amide bonds. The lowest BCUT2D eigenvalue weighted by Crippen LogP contribution is -2.40. The predicted molar refractivity (Wildman–Crippen MR) is 87.3 cm³/mol. The van der Waals surface area contributed by atoms with Crippen LogP contribution >= 0.6 is 11.6 Å². The van der Waals surface area contributed by atoms with Crippen LogP contribution in [0.15, 0.2) is 24.3 Å². The first-order valence-electron chi connectivity index (χ1n) is 7.79. The maximum Gasteiger partial charge on any atom is 0.0409 e. The van der Waals surface area contributed by atoms with Crippen LogP contribution in [0.25, 0.3) is 0 Å². The van der Waals surface area contributed by atoms with E-state index in [0.717, 1.165) is 18.1 Å². The molecule has 0 spiro atoms. The number of hydrogen-bond acceptors (Lipinski definition) is 2. The zero-order chi connectivity index (χ0) is 14.5. The molecular formula is C17H27ClN2. The Kier molecular flexibility index (Phi) is 5.88. The van der Waals surface area contributed by atoms with E-state index in [4.69, 9.17) is 11.6 Å². The van der Waals surface area contributed by atoms with Crippen LogP contribution in [-0.2, 0) is 0 Å². The van der Waals surface area contributed by atoms with Gasteiger partial charge in [0.15, 0.2) is 0 Å². The van der Waals surface area contributed by atoms with Gasteiger partial charge in [-0.3, -0.25) is 4.90 Å². The van der Waals surface area contributed by atoms with Crippen molar-refractivity contribution >= 4 is 11.6 Å². The summed E-state index contributed by atoms with van der Waals surface area (Å²) < 4.78 is 0. The Hall–Kier alpha value is -0.570. The number of halogens is 1. The molecule has 1 aliphatic heterocycles. The average Bonchev–Trinajstić information content (AvgIpc) is 2.89. The molecule has 2 unspecified atom stereocenters. The summed E-state index contributed by atoms with van der Waals surface area (Å²) in [5.74, 6) is 0.679. The van der Waals surface area contributed by atoms with Crippen molar-refractivity contribution in [3.8, 4) is 0 Å². The van der Waals surface area contributed by atoms with Gasteiger partial charge in [0.2, 0.25) is 0 Å². The Bertz CT molecular complexity index is 413. The summed E-state index contributed by atoms with van der Waals surface area (Å²) >= 11 is 6.14. The molecule has 0 aromatic heterocycles. The second kappa shape index (κ2) is 7.44. The van der Waals surface area contributed by atoms with E-state index in [0.29, 0.717) is 18.0 Å². The highest BCUT2D eigenvalue weighted by Gasteiger charge is 2.23. The van der Waals surface area contributed by atoms with Gasteiger partial charge in [0.1, 0.15) is 0 Å². The summed E-state index contributed by atoms with van der Waals surface area (Å²) in [6, 6.07) is 9.35. The highest BCUT2D eigenvalue weighted by Crippen LogP contribution is 2.25. The molecule has 0 saturated carbocycles. The summed E-state index contributed by atoms with van der Waals surface area (Å²) in [4.78, 5) is 2.60. The molecule has 0 aliphatic carbocycles. The number of nitrogens with one attached hydrogen (secondary N) is 1. The molecule has 3 heteroatoms. The minimum atomic E-state index is 0.415. The van der Waals surface area contributed by atoms with E-state index in [1.165, 1.54) is 24.9 Å². The van der Waals surface area contributed by atoms with E-state index < -0.39 is 0 Å². The van der Waals surface area contributed by atoms with E-state index in [1.54, 1.807) is 0 Å². The molecule has 1 aromatic rings. The summed E-state index contributed by atoms with van der Waals surface area (Å²) in [5, 5.41) is 4.44. The molecule has 2 nitrogen and oxygen atoms in total. The number of nitrogens with zero attached hydrogens (tertiary/aromatic N) is 1. The fourth-order valence-electron chi connectivity index (χ4n) is 3.03. The van der Waals surface area contributed by atoms with Crippen LogP contribution in [0.4, 0.5) is 0 Å².